The van der Waals surface area contributed by atoms with Gasteiger partial charge < -0.3 is 11.1 Å². The molecule has 0 spiro atoms. The maximum Gasteiger partial charge on any atom is 0.226 e. The Morgan fingerprint density at radius 3 is 2.81 bits per heavy atom. The number of amides is 2. The summed E-state index contributed by atoms with van der Waals surface area (Å²) in [5, 5.41) is 4.92. The van der Waals surface area contributed by atoms with Crippen LogP contribution in [0.2, 0.25) is 0 Å². The first kappa shape index (κ1) is 12.6. The molecule has 0 radical (unpaired) electrons. The van der Waals surface area contributed by atoms with E-state index in [4.69, 9.17) is 5.73 Å². The number of hydrogen-bond donors (Lipinski definition) is 2. The van der Waals surface area contributed by atoms with Crippen molar-refractivity contribution in [1.29, 1.82) is 0 Å². The Hall–Kier alpha value is -1.43. The number of aromatic nitrogens is 1. The van der Waals surface area contributed by atoms with Crippen LogP contribution in [-0.4, -0.2) is 16.8 Å². The average molecular weight is 241 g/mol. The van der Waals surface area contributed by atoms with Crippen LogP contribution in [0.1, 0.15) is 26.0 Å². The molecule has 88 valence electrons. The highest BCUT2D eigenvalue weighted by Gasteiger charge is 2.09. The van der Waals surface area contributed by atoms with Crippen molar-refractivity contribution in [3.05, 3.63) is 11.1 Å². The van der Waals surface area contributed by atoms with Gasteiger partial charge >= 0.3 is 0 Å². The Morgan fingerprint density at radius 1 is 1.56 bits per heavy atom. The lowest BCUT2D eigenvalue weighted by Gasteiger charge is -2.03. The predicted molar refractivity (Wildman–Crippen MR) is 63.1 cm³/mol. The normalized spacial score (nSPS) is 10.4. The number of nitrogens with two attached hydrogens (primary N) is 1. The number of carbonyl (C=O) groups excluding carboxylic acids is 2. The van der Waals surface area contributed by atoms with Crippen LogP contribution in [0.5, 0.6) is 0 Å². The lowest BCUT2D eigenvalue weighted by molar-refractivity contribution is -0.117. The first-order valence-electron chi connectivity index (χ1n) is 5.00. The zero-order chi connectivity index (χ0) is 12.1. The van der Waals surface area contributed by atoms with Crippen LogP contribution in [0.25, 0.3) is 0 Å². The van der Waals surface area contributed by atoms with Gasteiger partial charge in [-0.25, -0.2) is 4.98 Å². The smallest absolute Gasteiger partial charge is 0.226 e. The molecule has 3 N–H and O–H groups in total. The Labute approximate surface area is 98.1 Å². The Kier molecular flexibility index (Phi) is 4.42. The number of nitrogens with zero attached hydrogens (tertiary/aromatic N) is 1. The van der Waals surface area contributed by atoms with Crippen LogP contribution >= 0.6 is 11.3 Å². The molecule has 1 aromatic heterocycles. The second-order valence-electron chi connectivity index (χ2n) is 3.93. The van der Waals surface area contributed by atoms with E-state index < -0.39 is 5.91 Å². The van der Waals surface area contributed by atoms with Gasteiger partial charge in [0.2, 0.25) is 11.8 Å². The molecule has 0 aliphatic carbocycles. The topological polar surface area (TPSA) is 85.1 Å². The fraction of sp³-hybridized carbons (Fsp3) is 0.500. The van der Waals surface area contributed by atoms with Crippen molar-refractivity contribution >= 4 is 28.3 Å². The summed E-state index contributed by atoms with van der Waals surface area (Å²) < 4.78 is 0. The highest BCUT2D eigenvalue weighted by molar-refractivity contribution is 7.13. The van der Waals surface area contributed by atoms with Gasteiger partial charge in [0.25, 0.3) is 0 Å². The second-order valence-corrected chi connectivity index (χ2v) is 4.79. The number of primary amides is 1. The van der Waals surface area contributed by atoms with Gasteiger partial charge in [0, 0.05) is 11.8 Å². The van der Waals surface area contributed by atoms with E-state index in [0.29, 0.717) is 23.2 Å². The summed E-state index contributed by atoms with van der Waals surface area (Å²) in [4.78, 5) is 26.1. The largest absolute Gasteiger partial charge is 0.369 e. The minimum Gasteiger partial charge on any atom is -0.369 e. The molecule has 0 aliphatic heterocycles. The van der Waals surface area contributed by atoms with E-state index in [1.54, 1.807) is 5.38 Å². The molecule has 6 heteroatoms. The van der Waals surface area contributed by atoms with E-state index in [0.717, 1.165) is 0 Å². The first-order valence-corrected chi connectivity index (χ1v) is 5.88. The zero-order valence-corrected chi connectivity index (χ0v) is 10.1. The summed E-state index contributed by atoms with van der Waals surface area (Å²) in [6.45, 7) is 3.94. The van der Waals surface area contributed by atoms with E-state index in [-0.39, 0.29) is 12.3 Å². The third-order valence-corrected chi connectivity index (χ3v) is 2.55. The van der Waals surface area contributed by atoms with Gasteiger partial charge in [0.15, 0.2) is 5.13 Å². The Bertz CT molecular complexity index is 387. The van der Waals surface area contributed by atoms with Gasteiger partial charge in [-0.1, -0.05) is 13.8 Å². The summed E-state index contributed by atoms with van der Waals surface area (Å²) in [7, 11) is 0. The molecule has 0 bridgehead atoms. The van der Waals surface area contributed by atoms with Gasteiger partial charge in [-0.3, -0.25) is 9.59 Å². The molecule has 0 aromatic carbocycles. The van der Waals surface area contributed by atoms with Crippen molar-refractivity contribution in [2.75, 3.05) is 5.32 Å². The zero-order valence-electron chi connectivity index (χ0n) is 9.32. The number of nitrogens with one attached hydrogen (secondary N) is 1. The third-order valence-electron chi connectivity index (χ3n) is 1.75. The van der Waals surface area contributed by atoms with Gasteiger partial charge in [0.05, 0.1) is 12.1 Å². The highest BCUT2D eigenvalue weighted by atomic mass is 32.1. The Balaban J connectivity index is 2.51. The molecule has 5 nitrogen and oxygen atoms in total. The lowest BCUT2D eigenvalue weighted by Crippen LogP contribution is -2.15. The van der Waals surface area contributed by atoms with Crippen LogP contribution < -0.4 is 11.1 Å². The highest BCUT2D eigenvalue weighted by Crippen LogP contribution is 2.16. The summed E-state index contributed by atoms with van der Waals surface area (Å²) in [5.41, 5.74) is 5.63. The maximum absolute atomic E-state index is 11.4. The molecule has 0 saturated heterocycles. The molecule has 16 heavy (non-hydrogen) atoms. The van der Waals surface area contributed by atoms with Crippen molar-refractivity contribution in [3.8, 4) is 0 Å². The van der Waals surface area contributed by atoms with Crippen LogP contribution in [0.4, 0.5) is 5.13 Å². The second kappa shape index (κ2) is 5.60. The van der Waals surface area contributed by atoms with E-state index >= 15 is 0 Å². The van der Waals surface area contributed by atoms with E-state index in [2.05, 4.69) is 10.3 Å². The van der Waals surface area contributed by atoms with Crippen LogP contribution in [0.15, 0.2) is 5.38 Å². The molecule has 0 unspecified atom stereocenters. The third kappa shape index (κ3) is 4.39. The summed E-state index contributed by atoms with van der Waals surface area (Å²) in [6.07, 6.45) is 0.571. The van der Waals surface area contributed by atoms with Crippen LogP contribution in [-0.2, 0) is 16.0 Å². The van der Waals surface area contributed by atoms with E-state index in [1.165, 1.54) is 11.3 Å². The number of rotatable bonds is 5. The first-order chi connectivity index (χ1) is 7.47. The number of anilines is 1. The van der Waals surface area contributed by atoms with Crippen LogP contribution in [0.3, 0.4) is 0 Å². The number of thiazole rings is 1. The molecule has 2 amide bonds. The van der Waals surface area contributed by atoms with Gasteiger partial charge in [-0.2, -0.15) is 0 Å². The lowest BCUT2D eigenvalue weighted by atomic mass is 10.1. The Morgan fingerprint density at radius 2 is 2.25 bits per heavy atom. The minimum absolute atomic E-state index is 0.0602. The van der Waals surface area contributed by atoms with Crippen molar-refractivity contribution < 1.29 is 9.59 Å². The fourth-order valence-electron chi connectivity index (χ4n) is 1.17. The molecule has 1 aromatic rings. The monoisotopic (exact) mass is 241 g/mol. The average Bonchev–Trinajstić information content (AvgIpc) is 2.49. The summed E-state index contributed by atoms with van der Waals surface area (Å²) >= 11 is 1.30. The SMILES string of the molecule is CC(C)CC(=O)Nc1nc(CC(N)=O)cs1. The number of hydrogen-bond acceptors (Lipinski definition) is 4. The molecule has 0 aliphatic rings. The molecule has 0 saturated carbocycles. The van der Waals surface area contributed by atoms with Gasteiger partial charge in [-0.05, 0) is 5.92 Å². The van der Waals surface area contributed by atoms with Crippen molar-refractivity contribution in [2.24, 2.45) is 11.7 Å². The summed E-state index contributed by atoms with van der Waals surface area (Å²) in [6, 6.07) is 0. The molecule has 1 heterocycles. The molecule has 0 atom stereocenters. The fourth-order valence-corrected chi connectivity index (χ4v) is 1.89. The van der Waals surface area contributed by atoms with Gasteiger partial charge in [-0.15, -0.1) is 11.3 Å². The van der Waals surface area contributed by atoms with Gasteiger partial charge in [0.1, 0.15) is 0 Å². The van der Waals surface area contributed by atoms with Crippen molar-refractivity contribution in [2.45, 2.75) is 26.7 Å². The summed E-state index contributed by atoms with van der Waals surface area (Å²) in [5.74, 6) is -0.176. The molecular formula is C10H15N3O2S. The molecule has 0 fully saturated rings. The minimum atomic E-state index is -0.426. The molecule has 1 rings (SSSR count). The maximum atomic E-state index is 11.4. The quantitative estimate of drug-likeness (QED) is 0.811. The van der Waals surface area contributed by atoms with E-state index in [1.807, 2.05) is 13.8 Å². The van der Waals surface area contributed by atoms with Crippen LogP contribution in [0, 0.1) is 5.92 Å². The van der Waals surface area contributed by atoms with E-state index in [9.17, 15) is 9.59 Å². The van der Waals surface area contributed by atoms with Crippen molar-refractivity contribution in [1.82, 2.24) is 4.98 Å². The van der Waals surface area contributed by atoms with Crippen molar-refractivity contribution in [3.63, 3.8) is 0 Å². The standard InChI is InChI=1S/C10H15N3O2S/c1-6(2)3-9(15)13-10-12-7(5-16-10)4-8(11)14/h5-6H,3-4H2,1-2H3,(H2,11,14)(H,12,13,15). The molecular weight excluding hydrogens is 226 g/mol. The predicted octanol–water partition coefficient (Wildman–Crippen LogP) is 1.16. The number of carbonyl (C=O) groups is 2.